The third-order valence-electron chi connectivity index (χ3n) is 3.59. The number of hydrogen-bond donors (Lipinski definition) is 1. The summed E-state index contributed by atoms with van der Waals surface area (Å²) in [6, 6.07) is 3.71. The van der Waals surface area contributed by atoms with E-state index in [1.165, 1.54) is 0 Å². The highest BCUT2D eigenvalue weighted by Gasteiger charge is 2.51. The fourth-order valence-corrected chi connectivity index (χ4v) is 2.43. The van der Waals surface area contributed by atoms with Crippen molar-refractivity contribution in [2.75, 3.05) is 11.8 Å². The predicted octanol–water partition coefficient (Wildman–Crippen LogP) is 2.67. The van der Waals surface area contributed by atoms with Crippen LogP contribution in [-0.4, -0.2) is 30.0 Å². The van der Waals surface area contributed by atoms with Crippen LogP contribution in [0.4, 0.5) is 5.82 Å². The number of nitrogens with one attached hydrogen (secondary N) is 1. The first-order chi connectivity index (χ1) is 8.75. The highest BCUT2D eigenvalue weighted by molar-refractivity contribution is 7.38. The third kappa shape index (κ3) is 3.05. The van der Waals surface area contributed by atoms with Crippen molar-refractivity contribution in [1.29, 1.82) is 0 Å². The van der Waals surface area contributed by atoms with Gasteiger partial charge in [-0.2, -0.15) is 0 Å². The Balaban J connectivity index is 2.29. The van der Waals surface area contributed by atoms with E-state index in [9.17, 15) is 0 Å². The van der Waals surface area contributed by atoms with Gasteiger partial charge in [0.2, 0.25) is 0 Å². The summed E-state index contributed by atoms with van der Waals surface area (Å²) in [6.45, 7) is 10.2. The first kappa shape index (κ1) is 15.1. The summed E-state index contributed by atoms with van der Waals surface area (Å²) >= 11 is 6.05. The zero-order chi connectivity index (χ0) is 14.3. The van der Waals surface area contributed by atoms with Crippen LogP contribution in [-0.2, 0) is 9.31 Å². The molecule has 0 amide bonds. The molecular weight excluding hydrogens is 281 g/mol. The average molecular weight is 301 g/mol. The number of halogens is 1. The third-order valence-corrected chi connectivity index (χ3v) is 4.29. The molecule has 104 valence electrons. The van der Waals surface area contributed by atoms with Crippen LogP contribution in [0, 0.1) is 0 Å². The largest absolute Gasteiger partial charge is 0.495 e. The lowest BCUT2D eigenvalue weighted by Crippen LogP contribution is -2.41. The van der Waals surface area contributed by atoms with Crippen molar-refractivity contribution >= 4 is 38.7 Å². The maximum absolute atomic E-state index is 6.05. The second-order valence-corrected chi connectivity index (χ2v) is 6.71. The van der Waals surface area contributed by atoms with E-state index in [-0.39, 0.29) is 11.2 Å². The first-order valence-electron chi connectivity index (χ1n) is 6.21. The number of hydrogen-bond acceptors (Lipinski definition) is 4. The Hall–Kier alpha value is -0.345. The molecule has 7 heteroatoms. The Labute approximate surface area is 121 Å². The Morgan fingerprint density at radius 2 is 1.79 bits per heavy atom. The molecule has 1 aromatic rings. The SMILES string of the molecule is CPNc1cc(B2OC(C)(C)C(C)(C)O2)cc(Cl)n1. The van der Waals surface area contributed by atoms with Crippen molar-refractivity contribution in [3.05, 3.63) is 17.3 Å². The molecule has 0 aromatic carbocycles. The second kappa shape index (κ2) is 5.21. The summed E-state index contributed by atoms with van der Waals surface area (Å²) in [4.78, 5) is 4.22. The Morgan fingerprint density at radius 1 is 1.21 bits per heavy atom. The predicted molar refractivity (Wildman–Crippen MR) is 82.8 cm³/mol. The molecule has 0 saturated carbocycles. The molecular formula is C12H19BClN2O2P. The summed E-state index contributed by atoms with van der Waals surface area (Å²) in [7, 11) is 0.152. The average Bonchev–Trinajstić information content (AvgIpc) is 2.48. The molecule has 0 aliphatic carbocycles. The maximum Gasteiger partial charge on any atom is 0.495 e. The van der Waals surface area contributed by atoms with Crippen molar-refractivity contribution in [3.63, 3.8) is 0 Å². The van der Waals surface area contributed by atoms with Crippen LogP contribution in [0.5, 0.6) is 0 Å². The molecule has 1 saturated heterocycles. The van der Waals surface area contributed by atoms with E-state index < -0.39 is 7.12 Å². The highest BCUT2D eigenvalue weighted by Crippen LogP contribution is 2.36. The minimum atomic E-state index is -0.411. The van der Waals surface area contributed by atoms with Gasteiger partial charge in [-0.25, -0.2) is 4.98 Å². The van der Waals surface area contributed by atoms with Gasteiger partial charge in [0, 0.05) is 0 Å². The topological polar surface area (TPSA) is 43.4 Å². The van der Waals surface area contributed by atoms with Gasteiger partial charge in [0.1, 0.15) is 11.0 Å². The fourth-order valence-electron chi connectivity index (χ4n) is 1.82. The molecule has 0 spiro atoms. The molecule has 0 bridgehead atoms. The number of pyridine rings is 1. The van der Waals surface area contributed by atoms with E-state index in [0.29, 0.717) is 13.9 Å². The van der Waals surface area contributed by atoms with E-state index in [4.69, 9.17) is 20.9 Å². The van der Waals surface area contributed by atoms with Crippen LogP contribution in [0.15, 0.2) is 12.1 Å². The standard InChI is InChI=1S/C12H19BClN2O2P/c1-11(2)12(3,4)18-13(17-11)8-6-9(14)15-10(7-8)16-19-5/h6-7,19H,1-5H3,(H,15,16). The minimum Gasteiger partial charge on any atom is -0.399 e. The number of aromatic nitrogens is 1. The van der Waals surface area contributed by atoms with Gasteiger partial charge in [-0.15, -0.1) is 0 Å². The Morgan fingerprint density at radius 3 is 2.32 bits per heavy atom. The Bertz CT molecular complexity index is 469. The molecule has 1 aliphatic heterocycles. The molecule has 1 N–H and O–H groups in total. The summed E-state index contributed by atoms with van der Waals surface area (Å²) in [5.74, 6) is 0.748. The molecule has 1 aromatic heterocycles. The van der Waals surface area contributed by atoms with E-state index in [2.05, 4.69) is 10.1 Å². The van der Waals surface area contributed by atoms with Gasteiger partial charge in [-0.1, -0.05) is 11.6 Å². The van der Waals surface area contributed by atoms with Gasteiger partial charge in [0.25, 0.3) is 0 Å². The molecule has 19 heavy (non-hydrogen) atoms. The van der Waals surface area contributed by atoms with Crippen molar-refractivity contribution < 1.29 is 9.31 Å². The van der Waals surface area contributed by atoms with Crippen molar-refractivity contribution in [2.45, 2.75) is 38.9 Å². The monoisotopic (exact) mass is 300 g/mol. The van der Waals surface area contributed by atoms with Gasteiger partial charge in [0.05, 0.1) is 11.2 Å². The van der Waals surface area contributed by atoms with Crippen LogP contribution in [0.2, 0.25) is 5.15 Å². The molecule has 2 heterocycles. The first-order valence-corrected chi connectivity index (χ1v) is 8.09. The number of rotatable bonds is 3. The van der Waals surface area contributed by atoms with Crippen LogP contribution >= 0.6 is 20.3 Å². The molecule has 1 fully saturated rings. The van der Waals surface area contributed by atoms with E-state index in [1.54, 1.807) is 6.07 Å². The normalized spacial score (nSPS) is 21.3. The molecule has 1 unspecified atom stereocenters. The molecule has 1 aliphatic rings. The maximum atomic E-state index is 6.05. The summed E-state index contributed by atoms with van der Waals surface area (Å²) in [6.07, 6.45) is 0. The molecule has 4 nitrogen and oxygen atoms in total. The van der Waals surface area contributed by atoms with E-state index >= 15 is 0 Å². The van der Waals surface area contributed by atoms with Crippen molar-refractivity contribution in [3.8, 4) is 0 Å². The summed E-state index contributed by atoms with van der Waals surface area (Å²) in [5.41, 5.74) is 0.181. The van der Waals surface area contributed by atoms with Crippen molar-refractivity contribution in [1.82, 2.24) is 4.98 Å². The van der Waals surface area contributed by atoms with Crippen molar-refractivity contribution in [2.24, 2.45) is 0 Å². The Kier molecular flexibility index (Phi) is 4.13. The summed E-state index contributed by atoms with van der Waals surface area (Å²) < 4.78 is 12.0. The van der Waals surface area contributed by atoms with Crippen LogP contribution in [0.1, 0.15) is 27.7 Å². The number of nitrogens with zero attached hydrogens (tertiary/aromatic N) is 1. The van der Waals surface area contributed by atoms with Gasteiger partial charge >= 0.3 is 7.12 Å². The van der Waals surface area contributed by atoms with E-state index in [1.807, 2.05) is 40.4 Å². The highest BCUT2D eigenvalue weighted by atomic mass is 35.5. The summed E-state index contributed by atoms with van der Waals surface area (Å²) in [5, 5.41) is 3.61. The number of anilines is 1. The van der Waals surface area contributed by atoms with Gasteiger partial charge < -0.3 is 14.4 Å². The molecule has 1 atom stereocenters. The lowest BCUT2D eigenvalue weighted by Gasteiger charge is -2.32. The van der Waals surface area contributed by atoms with E-state index in [0.717, 1.165) is 11.3 Å². The lowest BCUT2D eigenvalue weighted by molar-refractivity contribution is 0.00578. The van der Waals surface area contributed by atoms with Gasteiger partial charge in [-0.3, -0.25) is 0 Å². The van der Waals surface area contributed by atoms with Crippen LogP contribution in [0.25, 0.3) is 0 Å². The lowest BCUT2D eigenvalue weighted by atomic mass is 9.80. The zero-order valence-electron chi connectivity index (χ0n) is 11.9. The minimum absolute atomic E-state index is 0.354. The fraction of sp³-hybridized carbons (Fsp3) is 0.583. The molecule has 2 rings (SSSR count). The zero-order valence-corrected chi connectivity index (χ0v) is 13.6. The smallest absolute Gasteiger partial charge is 0.399 e. The quantitative estimate of drug-likeness (QED) is 0.529. The van der Waals surface area contributed by atoms with Gasteiger partial charge in [0.15, 0.2) is 0 Å². The molecule has 0 radical (unpaired) electrons. The van der Waals surface area contributed by atoms with Crippen LogP contribution in [0.3, 0.4) is 0 Å². The van der Waals surface area contributed by atoms with Crippen LogP contribution < -0.4 is 10.6 Å². The second-order valence-electron chi connectivity index (χ2n) is 5.57. The van der Waals surface area contributed by atoms with Gasteiger partial charge in [-0.05, 0) is 60.7 Å².